The van der Waals surface area contributed by atoms with Gasteiger partial charge in [0.2, 0.25) is 0 Å². The van der Waals surface area contributed by atoms with Gasteiger partial charge in [-0.25, -0.2) is 8.78 Å². The molecule has 0 fully saturated rings. The molecule has 0 spiro atoms. The van der Waals surface area contributed by atoms with Crippen molar-refractivity contribution in [2.45, 2.75) is 6.54 Å². The van der Waals surface area contributed by atoms with E-state index in [1.807, 2.05) is 16.8 Å². The lowest BCUT2D eigenvalue weighted by Gasteiger charge is -2.05. The van der Waals surface area contributed by atoms with E-state index in [1.54, 1.807) is 31.5 Å². The highest BCUT2D eigenvalue weighted by Gasteiger charge is 2.07. The quantitative estimate of drug-likeness (QED) is 0.449. The van der Waals surface area contributed by atoms with Gasteiger partial charge in [-0.1, -0.05) is 23.2 Å². The van der Waals surface area contributed by atoms with Gasteiger partial charge in [0.15, 0.2) is 0 Å². The number of nitrogens with zero attached hydrogens (tertiary/aromatic N) is 1. The molecular formula is C19H16Cl2F2N2O. The Morgan fingerprint density at radius 2 is 1.69 bits per heavy atom. The fourth-order valence-corrected chi connectivity index (χ4v) is 3.16. The molecule has 0 saturated heterocycles. The van der Waals surface area contributed by atoms with Crippen molar-refractivity contribution < 1.29 is 13.5 Å². The fraction of sp³-hybridized carbons (Fsp3) is 0.158. The SMILES string of the molecule is COCCn1ccc2cc(Cl)cc(F)c21.Fc1cc(Cl)cc2cc[nH]c12. The van der Waals surface area contributed by atoms with E-state index in [0.29, 0.717) is 34.2 Å². The number of fused-ring (bicyclic) bond motifs is 2. The molecule has 2 heterocycles. The van der Waals surface area contributed by atoms with Crippen molar-refractivity contribution in [3.63, 3.8) is 0 Å². The number of benzene rings is 2. The molecule has 0 aliphatic carbocycles. The summed E-state index contributed by atoms with van der Waals surface area (Å²) in [5.41, 5.74) is 1.09. The van der Waals surface area contributed by atoms with E-state index >= 15 is 0 Å². The minimum Gasteiger partial charge on any atom is -0.383 e. The predicted molar refractivity (Wildman–Crippen MR) is 102 cm³/mol. The molecule has 0 amide bonds. The maximum atomic E-state index is 13.6. The van der Waals surface area contributed by atoms with Crippen LogP contribution in [0, 0.1) is 11.6 Å². The van der Waals surface area contributed by atoms with Crippen LogP contribution in [0.1, 0.15) is 0 Å². The van der Waals surface area contributed by atoms with Crippen molar-refractivity contribution in [3.05, 3.63) is 70.5 Å². The predicted octanol–water partition coefficient (Wildman–Crippen LogP) is 6.04. The van der Waals surface area contributed by atoms with Crippen LogP contribution >= 0.6 is 23.2 Å². The molecule has 2 aromatic carbocycles. The zero-order chi connectivity index (χ0) is 18.7. The van der Waals surface area contributed by atoms with Crippen LogP contribution in [0.25, 0.3) is 21.8 Å². The highest BCUT2D eigenvalue weighted by molar-refractivity contribution is 6.31. The zero-order valence-electron chi connectivity index (χ0n) is 13.9. The third-order valence-electron chi connectivity index (χ3n) is 3.89. The van der Waals surface area contributed by atoms with E-state index in [2.05, 4.69) is 4.98 Å². The fourth-order valence-electron chi connectivity index (χ4n) is 2.73. The zero-order valence-corrected chi connectivity index (χ0v) is 15.4. The van der Waals surface area contributed by atoms with Crippen LogP contribution in [0.15, 0.2) is 48.8 Å². The summed E-state index contributed by atoms with van der Waals surface area (Å²) in [7, 11) is 1.62. The smallest absolute Gasteiger partial charge is 0.148 e. The monoisotopic (exact) mass is 396 g/mol. The van der Waals surface area contributed by atoms with E-state index in [1.165, 1.54) is 12.1 Å². The highest BCUT2D eigenvalue weighted by Crippen LogP contribution is 2.24. The van der Waals surface area contributed by atoms with Crippen molar-refractivity contribution in [1.82, 2.24) is 9.55 Å². The van der Waals surface area contributed by atoms with Crippen molar-refractivity contribution in [3.8, 4) is 0 Å². The Bertz CT molecular complexity index is 1040. The Labute approximate surface area is 159 Å². The summed E-state index contributed by atoms with van der Waals surface area (Å²) in [5, 5.41) is 2.46. The molecule has 136 valence electrons. The second kappa shape index (κ2) is 8.08. The first-order valence-electron chi connectivity index (χ1n) is 7.84. The molecule has 1 N–H and O–H groups in total. The molecule has 0 atom stereocenters. The molecule has 2 aromatic heterocycles. The van der Waals surface area contributed by atoms with Crippen molar-refractivity contribution >= 4 is 45.0 Å². The van der Waals surface area contributed by atoms with E-state index in [0.717, 1.165) is 10.8 Å². The normalized spacial score (nSPS) is 11.0. The maximum Gasteiger partial charge on any atom is 0.148 e. The molecule has 26 heavy (non-hydrogen) atoms. The Morgan fingerprint density at radius 1 is 1.00 bits per heavy atom. The molecule has 3 nitrogen and oxygen atoms in total. The Balaban J connectivity index is 0.000000158. The molecule has 0 saturated carbocycles. The van der Waals surface area contributed by atoms with E-state index in [9.17, 15) is 8.78 Å². The number of hydrogen-bond acceptors (Lipinski definition) is 1. The van der Waals surface area contributed by atoms with Gasteiger partial charge in [-0.3, -0.25) is 0 Å². The average molecular weight is 397 g/mol. The second-order valence-corrected chi connectivity index (χ2v) is 6.53. The third-order valence-corrected chi connectivity index (χ3v) is 4.33. The van der Waals surface area contributed by atoms with Crippen molar-refractivity contribution in [1.29, 1.82) is 0 Å². The first kappa shape index (κ1) is 18.7. The second-order valence-electron chi connectivity index (χ2n) is 5.66. The Hall–Kier alpha value is -2.08. The lowest BCUT2D eigenvalue weighted by Crippen LogP contribution is -2.03. The molecule has 0 bridgehead atoms. The summed E-state index contributed by atoms with van der Waals surface area (Å²) >= 11 is 11.4. The summed E-state index contributed by atoms with van der Waals surface area (Å²) in [5.74, 6) is -0.601. The number of aromatic amines is 1. The number of methoxy groups -OCH3 is 1. The average Bonchev–Trinajstić information content (AvgIpc) is 3.20. The van der Waals surface area contributed by atoms with Gasteiger partial charge in [0.25, 0.3) is 0 Å². The third kappa shape index (κ3) is 4.01. The van der Waals surface area contributed by atoms with Gasteiger partial charge in [-0.05, 0) is 36.4 Å². The summed E-state index contributed by atoms with van der Waals surface area (Å²) in [6, 6.07) is 9.72. The van der Waals surface area contributed by atoms with Crippen LogP contribution in [-0.4, -0.2) is 23.3 Å². The summed E-state index contributed by atoms with van der Waals surface area (Å²) in [4.78, 5) is 2.78. The van der Waals surface area contributed by atoms with Crippen molar-refractivity contribution in [2.75, 3.05) is 13.7 Å². The lowest BCUT2D eigenvalue weighted by atomic mass is 10.2. The summed E-state index contributed by atoms with van der Waals surface area (Å²) in [6.45, 7) is 1.20. The molecule has 7 heteroatoms. The summed E-state index contributed by atoms with van der Waals surface area (Å²) < 4.78 is 33.4. The van der Waals surface area contributed by atoms with Crippen LogP contribution in [0.2, 0.25) is 10.0 Å². The molecule has 0 aliphatic heterocycles. The van der Waals surface area contributed by atoms with Gasteiger partial charge in [0, 0.05) is 46.9 Å². The Morgan fingerprint density at radius 3 is 2.42 bits per heavy atom. The van der Waals surface area contributed by atoms with Crippen molar-refractivity contribution in [2.24, 2.45) is 0 Å². The molecule has 0 unspecified atom stereocenters. The maximum absolute atomic E-state index is 13.6. The number of halogens is 4. The number of H-pyrrole nitrogens is 1. The van der Waals surface area contributed by atoms with Gasteiger partial charge in [0.05, 0.1) is 17.6 Å². The topological polar surface area (TPSA) is 29.9 Å². The van der Waals surface area contributed by atoms with Crippen LogP contribution in [-0.2, 0) is 11.3 Å². The lowest BCUT2D eigenvalue weighted by molar-refractivity contribution is 0.188. The Kier molecular flexibility index (Phi) is 5.81. The highest BCUT2D eigenvalue weighted by atomic mass is 35.5. The van der Waals surface area contributed by atoms with Crippen LogP contribution in [0.5, 0.6) is 0 Å². The molecule has 0 aliphatic rings. The number of ether oxygens (including phenoxy) is 1. The van der Waals surface area contributed by atoms with Gasteiger partial charge in [-0.2, -0.15) is 0 Å². The minimum atomic E-state index is -0.308. The number of nitrogens with one attached hydrogen (secondary N) is 1. The van der Waals surface area contributed by atoms with Crippen LogP contribution < -0.4 is 0 Å². The number of hydrogen-bond donors (Lipinski definition) is 1. The van der Waals surface area contributed by atoms with Gasteiger partial charge >= 0.3 is 0 Å². The summed E-state index contributed by atoms with van der Waals surface area (Å²) in [6.07, 6.45) is 3.52. The van der Waals surface area contributed by atoms with E-state index in [-0.39, 0.29) is 11.6 Å². The van der Waals surface area contributed by atoms with E-state index in [4.69, 9.17) is 27.9 Å². The number of rotatable bonds is 3. The van der Waals surface area contributed by atoms with Gasteiger partial charge < -0.3 is 14.3 Å². The standard InChI is InChI=1S/C11H11ClFNO.C8H5ClFN/c1-15-5-4-14-3-2-8-6-9(12)7-10(13)11(8)14;9-6-3-5-1-2-11-8(5)7(10)4-6/h2-3,6-7H,4-5H2,1H3;1-4,11H. The molecule has 0 radical (unpaired) electrons. The first-order valence-corrected chi connectivity index (χ1v) is 8.60. The van der Waals surface area contributed by atoms with E-state index < -0.39 is 0 Å². The molecule has 4 aromatic rings. The number of aromatic nitrogens is 2. The van der Waals surface area contributed by atoms with Gasteiger partial charge in [-0.15, -0.1) is 0 Å². The molecule has 4 rings (SSSR count). The van der Waals surface area contributed by atoms with Crippen LogP contribution in [0.4, 0.5) is 8.78 Å². The minimum absolute atomic E-state index is 0.293. The largest absolute Gasteiger partial charge is 0.383 e. The van der Waals surface area contributed by atoms with Gasteiger partial charge in [0.1, 0.15) is 11.6 Å². The first-order chi connectivity index (χ1) is 12.5. The molecular weight excluding hydrogens is 381 g/mol. The van der Waals surface area contributed by atoms with Crippen LogP contribution in [0.3, 0.4) is 0 Å².